The summed E-state index contributed by atoms with van der Waals surface area (Å²) in [6, 6.07) is 95.7. The van der Waals surface area contributed by atoms with E-state index in [1.165, 1.54) is 98.7 Å². The third kappa shape index (κ3) is 6.87. The SMILES string of the molecule is CC1(C)c2cc3c4ccc(-c5ccc(N(c6ccc(-c7ccc(-c8ccccc8)cc7)cc6)c6ccc(-c7cccc8c7oc7ccccc78)cc6)cc5)cc4c4ccccc4c3cc2-c2c1ccc1ccccc21. The van der Waals surface area contributed by atoms with Crippen LogP contribution in [0.4, 0.5) is 17.1 Å². The number of furan rings is 1. The fourth-order valence-corrected chi connectivity index (χ4v) is 12.4. The van der Waals surface area contributed by atoms with E-state index in [2.05, 4.69) is 267 Å². The maximum absolute atomic E-state index is 6.48. The Bertz CT molecular complexity index is 4560. The van der Waals surface area contributed by atoms with Crippen molar-refractivity contribution in [2.45, 2.75) is 19.3 Å². The molecule has 2 nitrogen and oxygen atoms in total. The molecule has 1 aliphatic rings. The molecule has 352 valence electrons. The maximum atomic E-state index is 6.48. The first kappa shape index (κ1) is 43.1. The number of rotatable bonds is 7. The van der Waals surface area contributed by atoms with Gasteiger partial charge < -0.3 is 9.32 Å². The van der Waals surface area contributed by atoms with Gasteiger partial charge in [-0.05, 0) is 165 Å². The van der Waals surface area contributed by atoms with Gasteiger partial charge in [-0.1, -0.05) is 214 Å². The maximum Gasteiger partial charge on any atom is 0.143 e. The molecule has 0 aliphatic heterocycles. The fraction of sp³-hybridized carbons (Fsp3) is 0.0411. The van der Waals surface area contributed by atoms with Crippen molar-refractivity contribution in [3.8, 4) is 55.6 Å². The molecule has 0 amide bonds. The van der Waals surface area contributed by atoms with Gasteiger partial charge in [0.25, 0.3) is 0 Å². The van der Waals surface area contributed by atoms with Crippen molar-refractivity contribution in [3.05, 3.63) is 272 Å². The van der Waals surface area contributed by atoms with E-state index in [1.54, 1.807) is 0 Å². The van der Waals surface area contributed by atoms with Gasteiger partial charge in [0, 0.05) is 38.8 Å². The lowest BCUT2D eigenvalue weighted by Gasteiger charge is -2.26. The quantitative estimate of drug-likeness (QED) is 0.148. The highest BCUT2D eigenvalue weighted by Gasteiger charge is 2.37. The fourth-order valence-electron chi connectivity index (χ4n) is 12.4. The predicted octanol–water partition coefficient (Wildman–Crippen LogP) is 20.6. The first-order chi connectivity index (χ1) is 36.9. The van der Waals surface area contributed by atoms with Crippen LogP contribution in [0.5, 0.6) is 0 Å². The second kappa shape index (κ2) is 16.8. The molecule has 15 rings (SSSR count). The predicted molar refractivity (Wildman–Crippen MR) is 318 cm³/mol. The number of benzene rings is 13. The highest BCUT2D eigenvalue weighted by Crippen LogP contribution is 2.54. The molecule has 0 saturated heterocycles. The van der Waals surface area contributed by atoms with Crippen molar-refractivity contribution in [2.24, 2.45) is 0 Å². The van der Waals surface area contributed by atoms with Crippen molar-refractivity contribution in [1.82, 2.24) is 0 Å². The van der Waals surface area contributed by atoms with E-state index in [-0.39, 0.29) is 5.41 Å². The van der Waals surface area contributed by atoms with Crippen LogP contribution >= 0.6 is 0 Å². The van der Waals surface area contributed by atoms with Crippen LogP contribution in [0.25, 0.3) is 121 Å². The summed E-state index contributed by atoms with van der Waals surface area (Å²) in [4.78, 5) is 2.36. The van der Waals surface area contributed by atoms with Crippen LogP contribution < -0.4 is 4.90 Å². The van der Waals surface area contributed by atoms with Crippen molar-refractivity contribution in [1.29, 1.82) is 0 Å². The summed E-state index contributed by atoms with van der Waals surface area (Å²) in [7, 11) is 0. The number of anilines is 3. The van der Waals surface area contributed by atoms with Gasteiger partial charge in [-0.2, -0.15) is 0 Å². The zero-order chi connectivity index (χ0) is 49.8. The molecule has 0 saturated carbocycles. The lowest BCUT2D eigenvalue weighted by molar-refractivity contribution is 0.662. The van der Waals surface area contributed by atoms with Gasteiger partial charge in [0.2, 0.25) is 0 Å². The minimum absolute atomic E-state index is 0.125. The Morgan fingerprint density at radius 2 is 0.773 bits per heavy atom. The second-order valence-electron chi connectivity index (χ2n) is 20.8. The monoisotopic (exact) mass is 955 g/mol. The van der Waals surface area contributed by atoms with E-state index in [0.29, 0.717) is 0 Å². The van der Waals surface area contributed by atoms with E-state index in [1.807, 2.05) is 12.1 Å². The molecule has 75 heavy (non-hydrogen) atoms. The van der Waals surface area contributed by atoms with Gasteiger partial charge in [0.1, 0.15) is 11.2 Å². The topological polar surface area (TPSA) is 16.4 Å². The van der Waals surface area contributed by atoms with E-state index < -0.39 is 0 Å². The molecule has 0 N–H and O–H groups in total. The number of hydrogen-bond donors (Lipinski definition) is 0. The van der Waals surface area contributed by atoms with E-state index in [9.17, 15) is 0 Å². The molecule has 0 bridgehead atoms. The molecule has 0 unspecified atom stereocenters. The van der Waals surface area contributed by atoms with E-state index in [4.69, 9.17) is 4.42 Å². The van der Waals surface area contributed by atoms with Gasteiger partial charge in [-0.3, -0.25) is 0 Å². The second-order valence-corrected chi connectivity index (χ2v) is 20.8. The summed E-state index contributed by atoms with van der Waals surface area (Å²) in [6.45, 7) is 4.79. The van der Waals surface area contributed by atoms with Crippen LogP contribution in [0.15, 0.2) is 265 Å². The number of para-hydroxylation sites is 2. The Kier molecular flexibility index (Phi) is 9.65. The van der Waals surface area contributed by atoms with Crippen molar-refractivity contribution in [3.63, 3.8) is 0 Å². The summed E-state index contributed by atoms with van der Waals surface area (Å²) >= 11 is 0. The Morgan fingerprint density at radius 1 is 0.293 bits per heavy atom. The molecule has 0 spiro atoms. The minimum atomic E-state index is -0.125. The Balaban J connectivity index is 0.814. The third-order valence-electron chi connectivity index (χ3n) is 16.3. The molecule has 1 aliphatic carbocycles. The first-order valence-electron chi connectivity index (χ1n) is 26.1. The molecule has 0 atom stereocenters. The average molecular weight is 956 g/mol. The lowest BCUT2D eigenvalue weighted by Crippen LogP contribution is -2.14. The van der Waals surface area contributed by atoms with E-state index in [0.717, 1.165) is 50.1 Å². The van der Waals surface area contributed by atoms with Gasteiger partial charge in [0.15, 0.2) is 0 Å². The largest absolute Gasteiger partial charge is 0.455 e. The summed E-state index contributed by atoms with van der Waals surface area (Å²) in [5, 5.41) is 12.6. The number of hydrogen-bond acceptors (Lipinski definition) is 2. The van der Waals surface area contributed by atoms with Crippen LogP contribution in [0, 0.1) is 0 Å². The minimum Gasteiger partial charge on any atom is -0.455 e. The Hall–Kier alpha value is -9.50. The first-order valence-corrected chi connectivity index (χ1v) is 26.1. The molecule has 0 fully saturated rings. The van der Waals surface area contributed by atoms with Crippen LogP contribution in [-0.4, -0.2) is 0 Å². The van der Waals surface area contributed by atoms with Crippen LogP contribution in [-0.2, 0) is 5.41 Å². The molecular weight excluding hydrogens is 907 g/mol. The van der Waals surface area contributed by atoms with E-state index >= 15 is 0 Å². The zero-order valence-corrected chi connectivity index (χ0v) is 41.7. The van der Waals surface area contributed by atoms with Crippen molar-refractivity contribution in [2.75, 3.05) is 4.90 Å². The average Bonchev–Trinajstić information content (AvgIpc) is 3.97. The molecule has 2 heteroatoms. The molecule has 13 aromatic carbocycles. The van der Waals surface area contributed by atoms with Crippen molar-refractivity contribution >= 4 is 82.1 Å². The lowest BCUT2D eigenvalue weighted by atomic mass is 9.81. The molecule has 1 heterocycles. The summed E-state index contributed by atoms with van der Waals surface area (Å²) in [5.74, 6) is 0. The number of fused-ring (bicyclic) bond motifs is 14. The molecule has 1 aromatic heterocycles. The van der Waals surface area contributed by atoms with Gasteiger partial charge >= 0.3 is 0 Å². The highest BCUT2D eigenvalue weighted by molar-refractivity contribution is 6.27. The van der Waals surface area contributed by atoms with Crippen molar-refractivity contribution < 1.29 is 4.42 Å². The van der Waals surface area contributed by atoms with Gasteiger partial charge in [-0.15, -0.1) is 0 Å². The molecule has 14 aromatic rings. The van der Waals surface area contributed by atoms with Crippen LogP contribution in [0.1, 0.15) is 25.0 Å². The summed E-state index contributed by atoms with van der Waals surface area (Å²) in [5.41, 5.74) is 19.8. The molecular formula is C73H49NO. The zero-order valence-electron chi connectivity index (χ0n) is 41.7. The van der Waals surface area contributed by atoms with Gasteiger partial charge in [-0.25, -0.2) is 0 Å². The normalized spacial score (nSPS) is 12.8. The highest BCUT2D eigenvalue weighted by atomic mass is 16.3. The molecule has 0 radical (unpaired) electrons. The third-order valence-corrected chi connectivity index (χ3v) is 16.3. The van der Waals surface area contributed by atoms with Gasteiger partial charge in [0.05, 0.1) is 0 Å². The van der Waals surface area contributed by atoms with Crippen LogP contribution in [0.3, 0.4) is 0 Å². The Labute approximate surface area is 436 Å². The Morgan fingerprint density at radius 3 is 1.44 bits per heavy atom. The smallest absolute Gasteiger partial charge is 0.143 e. The summed E-state index contributed by atoms with van der Waals surface area (Å²) in [6.07, 6.45) is 0. The standard InChI is InChI=1S/C73H49NO/c1-73(2)68-42-34-51-15-6-7-16-57(51)71(68)67-44-65-60-18-9-8-17-59(60)64-43-53(33-41-61(64)66(65)45-69(67)73)50-29-37-55(38-30-50)74(54-35-27-49(28-36-54)48-25-23-47(24-26-48)46-13-4-3-5-14-46)56-39-31-52(32-40-56)58-20-12-21-63-62-19-10-11-22-70(62)75-72(58)63/h3-45H,1-2H3. The summed E-state index contributed by atoms with van der Waals surface area (Å²) < 4.78 is 6.48. The van der Waals surface area contributed by atoms with Crippen LogP contribution in [0.2, 0.25) is 0 Å². The number of nitrogens with zero attached hydrogens (tertiary/aromatic N) is 1.